The molecule has 1 saturated heterocycles. The maximum Gasteiger partial charge on any atom is 0.459 e. The van der Waals surface area contributed by atoms with Crippen LogP contribution in [0.25, 0.3) is 21.9 Å². The highest BCUT2D eigenvalue weighted by atomic mass is 31.2. The van der Waals surface area contributed by atoms with Crippen LogP contribution < -0.4 is 14.3 Å². The van der Waals surface area contributed by atoms with Crippen LogP contribution in [0.3, 0.4) is 0 Å². The van der Waals surface area contributed by atoms with Gasteiger partial charge in [-0.15, -0.1) is 0 Å². The third kappa shape index (κ3) is 6.89. The largest absolute Gasteiger partial charge is 0.472 e. The van der Waals surface area contributed by atoms with Gasteiger partial charge in [0.15, 0.2) is 17.4 Å². The van der Waals surface area contributed by atoms with Crippen molar-refractivity contribution in [3.05, 3.63) is 67.3 Å². The van der Waals surface area contributed by atoms with E-state index in [2.05, 4.69) is 20.0 Å². The van der Waals surface area contributed by atoms with Gasteiger partial charge in [0.25, 0.3) is 0 Å². The summed E-state index contributed by atoms with van der Waals surface area (Å²) in [5.41, 5.74) is -1.64. The number of aliphatic hydroxyl groups is 2. The first-order valence-corrected chi connectivity index (χ1v) is 16.8. The number of nitrogens with zero attached hydrogens (tertiary/aromatic N) is 4. The number of nitrogens with one attached hydrogen (secondary N) is 1. The molecule has 0 spiro atoms. The Hall–Kier alpha value is -3.91. The molecule has 0 radical (unpaired) electrons. The summed E-state index contributed by atoms with van der Waals surface area (Å²) in [7, 11) is -4.37. The summed E-state index contributed by atoms with van der Waals surface area (Å²) in [4.78, 5) is 26.0. The maximum atomic E-state index is 14.4. The van der Waals surface area contributed by atoms with E-state index < -0.39 is 55.8 Å². The Morgan fingerprint density at radius 2 is 1.85 bits per heavy atom. The fourth-order valence-electron chi connectivity index (χ4n) is 5.49. The Morgan fingerprint density at radius 1 is 1.06 bits per heavy atom. The van der Waals surface area contributed by atoms with Gasteiger partial charge in [0.05, 0.1) is 19.5 Å². The third-order valence-corrected chi connectivity index (χ3v) is 9.80. The van der Waals surface area contributed by atoms with Crippen molar-refractivity contribution >= 4 is 35.7 Å². The fourth-order valence-corrected chi connectivity index (χ4v) is 7.01. The molecule has 6 rings (SSSR count). The Labute approximate surface area is 271 Å². The van der Waals surface area contributed by atoms with E-state index in [4.69, 9.17) is 23.3 Å². The molecule has 4 aromatic rings. The van der Waals surface area contributed by atoms with Crippen molar-refractivity contribution in [2.75, 3.05) is 19.8 Å². The molecule has 3 N–H and O–H groups in total. The summed E-state index contributed by atoms with van der Waals surface area (Å²) in [6.07, 6.45) is 3.18. The monoisotopic (exact) mass is 667 g/mol. The number of benzene rings is 2. The minimum atomic E-state index is -4.37. The first-order valence-electron chi connectivity index (χ1n) is 15.2. The van der Waals surface area contributed by atoms with E-state index in [1.807, 2.05) is 50.3 Å². The van der Waals surface area contributed by atoms with Gasteiger partial charge in [-0.25, -0.2) is 14.5 Å². The molecule has 0 saturated carbocycles. The van der Waals surface area contributed by atoms with Gasteiger partial charge in [-0.2, -0.15) is 10.1 Å². The summed E-state index contributed by atoms with van der Waals surface area (Å²) < 4.78 is 45.3. The number of allylic oxidation sites excluding steroid dienone is 1. The summed E-state index contributed by atoms with van der Waals surface area (Å²) in [6, 6.07) is 11.5. The summed E-state index contributed by atoms with van der Waals surface area (Å²) in [6.45, 7) is 6.59. The van der Waals surface area contributed by atoms with Crippen molar-refractivity contribution in [2.45, 2.75) is 64.2 Å². The highest BCUT2D eigenvalue weighted by Crippen LogP contribution is 2.48. The third-order valence-electron chi connectivity index (χ3n) is 8.17. The number of imidazole rings is 1. The van der Waals surface area contributed by atoms with Crippen LogP contribution in [0.5, 0.6) is 11.6 Å². The highest BCUT2D eigenvalue weighted by Gasteiger charge is 2.54. The molecule has 1 unspecified atom stereocenters. The van der Waals surface area contributed by atoms with Gasteiger partial charge in [0.1, 0.15) is 42.5 Å². The molecule has 47 heavy (non-hydrogen) atoms. The summed E-state index contributed by atoms with van der Waals surface area (Å²) >= 11 is 0. The molecule has 6 bridgehead atoms. The molecule has 2 aliphatic rings. The van der Waals surface area contributed by atoms with E-state index in [1.54, 1.807) is 18.2 Å². The Balaban J connectivity index is 1.35. The second-order valence-corrected chi connectivity index (χ2v) is 14.4. The molecule has 250 valence electrons. The second kappa shape index (κ2) is 12.9. The first-order chi connectivity index (χ1) is 22.4. The van der Waals surface area contributed by atoms with E-state index in [0.29, 0.717) is 23.0 Å². The smallest absolute Gasteiger partial charge is 0.459 e. The van der Waals surface area contributed by atoms with E-state index in [0.717, 1.165) is 5.39 Å². The molecule has 1 fully saturated rings. The molecule has 6 atom stereocenters. The average molecular weight is 668 g/mol. The maximum absolute atomic E-state index is 14.4. The van der Waals surface area contributed by atoms with E-state index in [9.17, 15) is 19.6 Å². The minimum Gasteiger partial charge on any atom is -0.472 e. The Morgan fingerprint density at radius 3 is 2.68 bits per heavy atom. The van der Waals surface area contributed by atoms with Crippen LogP contribution in [-0.4, -0.2) is 79.4 Å². The highest BCUT2D eigenvalue weighted by molar-refractivity contribution is 7.52. The lowest BCUT2D eigenvalue weighted by molar-refractivity contribution is -0.148. The van der Waals surface area contributed by atoms with E-state index in [-0.39, 0.29) is 24.8 Å². The fraction of sp³-hybridized carbons (Fsp3) is 0.438. The van der Waals surface area contributed by atoms with Gasteiger partial charge in [-0.3, -0.25) is 13.9 Å². The zero-order chi connectivity index (χ0) is 33.4. The second-order valence-electron chi connectivity index (χ2n) is 12.7. The number of ether oxygens (including phenoxy) is 3. The van der Waals surface area contributed by atoms with Crippen molar-refractivity contribution in [2.24, 2.45) is 5.41 Å². The molecule has 2 aromatic heterocycles. The normalized spacial score (nSPS) is 31.1. The van der Waals surface area contributed by atoms with Crippen LogP contribution in [0, 0.1) is 5.41 Å². The summed E-state index contributed by atoms with van der Waals surface area (Å²) in [5.74, 6) is -0.190. The zero-order valence-electron chi connectivity index (χ0n) is 26.5. The van der Waals surface area contributed by atoms with Gasteiger partial charge in [-0.05, 0) is 31.7 Å². The number of hydrogen-bond acceptors (Lipinski definition) is 12. The van der Waals surface area contributed by atoms with Crippen LogP contribution in [-0.2, 0) is 23.4 Å². The van der Waals surface area contributed by atoms with Crippen LogP contribution >= 0.6 is 7.75 Å². The quantitative estimate of drug-likeness (QED) is 0.159. The lowest BCUT2D eigenvalue weighted by Gasteiger charge is -2.27. The topological polar surface area (TPSA) is 176 Å². The lowest BCUT2D eigenvalue weighted by Crippen LogP contribution is -2.44. The number of carbonyl (C=O) groups excluding carboxylic acids is 1. The average Bonchev–Trinajstić information content (AvgIpc) is 3.56. The van der Waals surface area contributed by atoms with E-state index in [1.165, 1.54) is 31.1 Å². The number of rotatable bonds is 2. The van der Waals surface area contributed by atoms with Crippen molar-refractivity contribution in [3.63, 3.8) is 0 Å². The molecular formula is C32H38N5O9P. The number of aliphatic hydroxyl groups excluding tert-OH is 1. The number of carbonyl (C=O) groups is 1. The zero-order valence-corrected chi connectivity index (χ0v) is 27.4. The van der Waals surface area contributed by atoms with Crippen molar-refractivity contribution in [3.8, 4) is 11.6 Å². The molecule has 4 heterocycles. The predicted octanol–water partition coefficient (Wildman–Crippen LogP) is 4.08. The SMILES string of the molecule is C[C@H]1NP(=O)(Oc2cccc3ccccc23)OC[C@H]2O[C@@H](n3cnc4c(ncnc43)OC/C=C/CC(C)(C)COC1=O)[C@](C)(O)[C@@H]2O. The standard InChI is InChI=1S/C32H38N5O9P/c1-20-29(39)43-17-31(2,3)14-7-8-15-42-28-25-27(33-18-34-28)37(19-35-25)30-32(4,40)26(38)24(45-30)16-44-47(41,36-20)46-23-13-9-11-21-10-5-6-12-22(21)23/h5-13,18-20,24,26,30,38,40H,14-17H2,1-4H3,(H,36,41)/b8-7+/t20-,24-,26-,30-,32-,47?/m1/s1. The molecule has 15 heteroatoms. The van der Waals surface area contributed by atoms with Crippen LogP contribution in [0.1, 0.15) is 40.3 Å². The Bertz CT molecular complexity index is 1840. The minimum absolute atomic E-state index is 0.0843. The number of fused-ring (bicyclic) bond motifs is 4. The molecule has 0 aliphatic carbocycles. The van der Waals surface area contributed by atoms with Crippen molar-refractivity contribution < 1.29 is 42.8 Å². The summed E-state index contributed by atoms with van der Waals surface area (Å²) in [5, 5.41) is 26.8. The van der Waals surface area contributed by atoms with Crippen LogP contribution in [0.2, 0.25) is 0 Å². The number of cyclic esters (lactones) is 1. The predicted molar refractivity (Wildman–Crippen MR) is 171 cm³/mol. The molecular weight excluding hydrogens is 629 g/mol. The van der Waals surface area contributed by atoms with Crippen LogP contribution in [0.4, 0.5) is 0 Å². The van der Waals surface area contributed by atoms with Gasteiger partial charge in [0, 0.05) is 10.8 Å². The number of esters is 1. The molecule has 14 nitrogen and oxygen atoms in total. The molecule has 2 aromatic carbocycles. The van der Waals surface area contributed by atoms with Crippen molar-refractivity contribution in [1.82, 2.24) is 24.6 Å². The van der Waals surface area contributed by atoms with Gasteiger partial charge < -0.3 is 28.9 Å². The van der Waals surface area contributed by atoms with E-state index >= 15 is 0 Å². The molecule has 0 amide bonds. The lowest BCUT2D eigenvalue weighted by atomic mass is 9.90. The molecule has 2 aliphatic heterocycles. The van der Waals surface area contributed by atoms with Gasteiger partial charge >= 0.3 is 13.7 Å². The van der Waals surface area contributed by atoms with Gasteiger partial charge in [0.2, 0.25) is 5.88 Å². The number of aromatic nitrogens is 4. The van der Waals surface area contributed by atoms with Crippen molar-refractivity contribution in [1.29, 1.82) is 0 Å². The Kier molecular flexibility index (Phi) is 9.09. The van der Waals surface area contributed by atoms with Crippen LogP contribution in [0.15, 0.2) is 67.3 Å². The number of hydrogen-bond donors (Lipinski definition) is 3. The first kappa shape index (κ1) is 33.0. The van der Waals surface area contributed by atoms with Gasteiger partial charge in [-0.1, -0.05) is 62.4 Å².